The number of rotatable bonds is 5. The van der Waals surface area contributed by atoms with Crippen molar-refractivity contribution < 1.29 is 0 Å². The zero-order valence-corrected chi connectivity index (χ0v) is 9.88. The van der Waals surface area contributed by atoms with E-state index in [0.29, 0.717) is 5.92 Å². The van der Waals surface area contributed by atoms with Gasteiger partial charge in [0.2, 0.25) is 0 Å². The van der Waals surface area contributed by atoms with Crippen molar-refractivity contribution in [1.29, 1.82) is 0 Å². The van der Waals surface area contributed by atoms with Crippen molar-refractivity contribution in [3.8, 4) is 0 Å². The maximum atomic E-state index is 3.67. The van der Waals surface area contributed by atoms with Gasteiger partial charge in [-0.1, -0.05) is 62.7 Å². The number of hydrogen-bond acceptors (Lipinski definition) is 0. The van der Waals surface area contributed by atoms with Gasteiger partial charge in [-0.05, 0) is 18.4 Å². The van der Waals surface area contributed by atoms with Gasteiger partial charge in [-0.15, -0.1) is 0 Å². The normalized spacial score (nSPS) is 14.0. The Hall–Kier alpha value is -0.975. The highest BCUT2D eigenvalue weighted by Gasteiger charge is 1.96. The van der Waals surface area contributed by atoms with E-state index in [1.54, 1.807) is 0 Å². The van der Waals surface area contributed by atoms with Crippen LogP contribution in [0.4, 0.5) is 0 Å². The molecule has 0 aromatic rings. The van der Waals surface area contributed by atoms with Crippen LogP contribution in [0, 0.1) is 5.92 Å². The summed E-state index contributed by atoms with van der Waals surface area (Å²) in [5, 5.41) is 0. The van der Waals surface area contributed by atoms with Gasteiger partial charge in [-0.2, -0.15) is 0 Å². The van der Waals surface area contributed by atoms with Crippen LogP contribution in [0.5, 0.6) is 0 Å². The molecule has 0 heterocycles. The van der Waals surface area contributed by atoms with Crippen LogP contribution in [0.1, 0.15) is 20.8 Å². The van der Waals surface area contributed by atoms with Crippen LogP contribution < -0.4 is 0 Å². The quantitative estimate of drug-likeness (QED) is 0.458. The van der Waals surface area contributed by atoms with Crippen molar-refractivity contribution in [1.82, 2.24) is 0 Å². The van der Waals surface area contributed by atoms with Gasteiger partial charge in [0, 0.05) is 0 Å². The van der Waals surface area contributed by atoms with Gasteiger partial charge < -0.3 is 0 Å². The second-order valence-electron chi connectivity index (χ2n) is 3.78. The Morgan fingerprint density at radius 2 is 2.00 bits per heavy atom. The molecule has 0 saturated heterocycles. The summed E-state index contributed by atoms with van der Waals surface area (Å²) < 4.78 is 0. The SMILES string of the molecule is BC/C(C)=C/C=C(\C=C/C=C)C(C)C. The lowest BCUT2D eigenvalue weighted by Crippen LogP contribution is -1.89. The fourth-order valence-electron chi connectivity index (χ4n) is 0.976. The van der Waals surface area contributed by atoms with E-state index in [0.717, 1.165) is 6.32 Å². The van der Waals surface area contributed by atoms with Crippen LogP contribution in [0.3, 0.4) is 0 Å². The van der Waals surface area contributed by atoms with Crippen molar-refractivity contribution in [2.24, 2.45) is 5.92 Å². The molecule has 0 aromatic carbocycles. The Bertz CT molecular complexity index is 254. The van der Waals surface area contributed by atoms with Gasteiger partial charge in [-0.3, -0.25) is 0 Å². The van der Waals surface area contributed by atoms with Gasteiger partial charge in [0.15, 0.2) is 0 Å². The van der Waals surface area contributed by atoms with Gasteiger partial charge in [0.1, 0.15) is 7.85 Å². The first-order valence-electron chi connectivity index (χ1n) is 5.28. The average Bonchev–Trinajstić information content (AvgIpc) is 2.16. The molecule has 14 heavy (non-hydrogen) atoms. The first-order chi connectivity index (χ1) is 6.61. The highest BCUT2D eigenvalue weighted by Crippen LogP contribution is 2.12. The molecule has 0 amide bonds. The lowest BCUT2D eigenvalue weighted by atomic mass is 9.96. The summed E-state index contributed by atoms with van der Waals surface area (Å²) in [4.78, 5) is 0. The highest BCUT2D eigenvalue weighted by molar-refractivity contribution is 6.10. The van der Waals surface area contributed by atoms with Gasteiger partial charge in [-0.25, -0.2) is 0 Å². The third-order valence-corrected chi connectivity index (χ3v) is 2.21. The van der Waals surface area contributed by atoms with Crippen LogP contribution in [-0.4, -0.2) is 7.85 Å². The largest absolute Gasteiger partial charge is 0.106 e. The van der Waals surface area contributed by atoms with Crippen LogP contribution in [0.15, 0.2) is 48.1 Å². The predicted octanol–water partition coefficient (Wildman–Crippen LogP) is 3.31. The van der Waals surface area contributed by atoms with Crippen LogP contribution >= 0.6 is 0 Å². The van der Waals surface area contributed by atoms with Crippen molar-refractivity contribution >= 4 is 7.85 Å². The van der Waals surface area contributed by atoms with Crippen LogP contribution in [0.2, 0.25) is 6.32 Å². The monoisotopic (exact) mass is 188 g/mol. The third-order valence-electron chi connectivity index (χ3n) is 2.21. The minimum Gasteiger partial charge on any atom is -0.0991 e. The molecule has 0 aliphatic heterocycles. The molecular formula is C13H21B. The third kappa shape index (κ3) is 5.63. The van der Waals surface area contributed by atoms with Crippen LogP contribution in [0.25, 0.3) is 0 Å². The van der Waals surface area contributed by atoms with Crippen LogP contribution in [-0.2, 0) is 0 Å². The highest BCUT2D eigenvalue weighted by atomic mass is 14.0. The van der Waals surface area contributed by atoms with E-state index in [-0.39, 0.29) is 0 Å². The molecule has 0 aliphatic rings. The van der Waals surface area contributed by atoms with Crippen molar-refractivity contribution in [2.75, 3.05) is 0 Å². The Morgan fingerprint density at radius 3 is 2.43 bits per heavy atom. The summed E-state index contributed by atoms with van der Waals surface area (Å²) >= 11 is 0. The molecule has 0 N–H and O–H groups in total. The first kappa shape index (κ1) is 13.0. The predicted molar refractivity (Wildman–Crippen MR) is 69.4 cm³/mol. The van der Waals surface area contributed by atoms with E-state index in [2.05, 4.69) is 53.4 Å². The van der Waals surface area contributed by atoms with Gasteiger partial charge >= 0.3 is 0 Å². The molecular weight excluding hydrogens is 167 g/mol. The summed E-state index contributed by atoms with van der Waals surface area (Å²) in [6.45, 7) is 10.2. The molecule has 0 unspecified atom stereocenters. The summed E-state index contributed by atoms with van der Waals surface area (Å²) in [7, 11) is 2.17. The smallest absolute Gasteiger partial charge is 0.0991 e. The second-order valence-corrected chi connectivity index (χ2v) is 3.78. The lowest BCUT2D eigenvalue weighted by molar-refractivity contribution is 0.791. The summed E-state index contributed by atoms with van der Waals surface area (Å²) in [6.07, 6.45) is 11.4. The minimum atomic E-state index is 0.562. The van der Waals surface area contributed by atoms with Crippen molar-refractivity contribution in [3.63, 3.8) is 0 Å². The zero-order chi connectivity index (χ0) is 11.0. The molecule has 0 fully saturated rings. The van der Waals surface area contributed by atoms with E-state index in [4.69, 9.17) is 0 Å². The number of allylic oxidation sites excluding steroid dienone is 7. The van der Waals surface area contributed by atoms with E-state index in [9.17, 15) is 0 Å². The van der Waals surface area contributed by atoms with Crippen molar-refractivity contribution in [3.05, 3.63) is 48.1 Å². The molecule has 1 heteroatoms. The molecule has 0 nitrogen and oxygen atoms in total. The minimum absolute atomic E-state index is 0.562. The summed E-state index contributed by atoms with van der Waals surface area (Å²) in [6, 6.07) is 0. The fraction of sp³-hybridized carbons (Fsp3) is 0.385. The molecule has 0 rings (SSSR count). The second kappa shape index (κ2) is 7.43. The Morgan fingerprint density at radius 1 is 1.36 bits per heavy atom. The Balaban J connectivity index is 4.64. The molecule has 76 valence electrons. The maximum absolute atomic E-state index is 3.67. The van der Waals surface area contributed by atoms with E-state index < -0.39 is 0 Å². The maximum Gasteiger partial charge on any atom is 0.106 e. The van der Waals surface area contributed by atoms with E-state index >= 15 is 0 Å². The van der Waals surface area contributed by atoms with Crippen molar-refractivity contribution in [2.45, 2.75) is 27.1 Å². The van der Waals surface area contributed by atoms with E-state index in [1.165, 1.54) is 11.1 Å². The molecule has 0 bridgehead atoms. The fourth-order valence-corrected chi connectivity index (χ4v) is 0.976. The number of hydrogen-bond donors (Lipinski definition) is 0. The molecule has 0 aromatic heterocycles. The lowest BCUT2D eigenvalue weighted by Gasteiger charge is -2.04. The molecule has 0 spiro atoms. The Labute approximate surface area is 89.5 Å². The first-order valence-corrected chi connectivity index (χ1v) is 5.28. The van der Waals surface area contributed by atoms with Gasteiger partial charge in [0.05, 0.1) is 0 Å². The molecule has 0 aliphatic carbocycles. The van der Waals surface area contributed by atoms with Gasteiger partial charge in [0.25, 0.3) is 0 Å². The standard InChI is InChI=1S/C13H21B/c1-5-6-7-13(11(2)3)9-8-12(4)10-14/h5-9,11H,1,10,14H2,2-4H3/b7-6-,12-8+,13-9+. The molecule has 0 radical (unpaired) electrons. The topological polar surface area (TPSA) is 0 Å². The van der Waals surface area contributed by atoms with E-state index in [1.807, 2.05) is 12.2 Å². The zero-order valence-electron chi connectivity index (χ0n) is 9.88. The summed E-state index contributed by atoms with van der Waals surface area (Å²) in [5.74, 6) is 0.562. The summed E-state index contributed by atoms with van der Waals surface area (Å²) in [5.41, 5.74) is 2.76. The Kier molecular flexibility index (Phi) is 6.91. The average molecular weight is 188 g/mol. The molecule has 0 saturated carbocycles. The molecule has 0 atom stereocenters.